The molecular formula is C10H14O2. The molecule has 0 spiro atoms. The Bertz CT molecular complexity index is 180. The third kappa shape index (κ3) is 5.59. The van der Waals surface area contributed by atoms with Gasteiger partial charge in [-0.3, -0.25) is 0 Å². The van der Waals surface area contributed by atoms with Gasteiger partial charge in [-0.25, -0.2) is 0 Å². The van der Waals surface area contributed by atoms with Crippen LogP contribution in [0.1, 0.15) is 19.8 Å². The van der Waals surface area contributed by atoms with Crippen molar-refractivity contribution in [2.75, 3.05) is 0 Å². The summed E-state index contributed by atoms with van der Waals surface area (Å²) in [6.07, 6.45) is 10.2. The lowest BCUT2D eigenvalue weighted by atomic mass is 10.1. The fourth-order valence-electron chi connectivity index (χ4n) is 0.697. The summed E-state index contributed by atoms with van der Waals surface area (Å²) in [7, 11) is 0. The maximum atomic E-state index is 10.3. The van der Waals surface area contributed by atoms with Gasteiger partial charge in [0.05, 0.1) is 0 Å². The van der Waals surface area contributed by atoms with Gasteiger partial charge >= 0.3 is 0 Å². The van der Waals surface area contributed by atoms with Gasteiger partial charge < -0.3 is 9.59 Å². The average molecular weight is 166 g/mol. The van der Waals surface area contributed by atoms with Crippen molar-refractivity contribution >= 4 is 12.6 Å². The lowest BCUT2D eigenvalue weighted by Crippen LogP contribution is -1.93. The van der Waals surface area contributed by atoms with E-state index in [1.54, 1.807) is 18.2 Å². The number of rotatable bonds is 6. The molecule has 66 valence electrons. The summed E-state index contributed by atoms with van der Waals surface area (Å²) in [4.78, 5) is 20.2. The zero-order valence-corrected chi connectivity index (χ0v) is 7.27. The number of hydrogen-bond donors (Lipinski definition) is 0. The highest BCUT2D eigenvalue weighted by atomic mass is 16.1. The monoisotopic (exact) mass is 166 g/mol. The van der Waals surface area contributed by atoms with Crippen molar-refractivity contribution < 1.29 is 9.59 Å². The van der Waals surface area contributed by atoms with E-state index < -0.39 is 0 Å². The van der Waals surface area contributed by atoms with E-state index in [1.807, 2.05) is 13.0 Å². The van der Waals surface area contributed by atoms with Crippen LogP contribution in [0.2, 0.25) is 0 Å². The smallest absolute Gasteiger partial charge is 0.126 e. The van der Waals surface area contributed by atoms with E-state index in [0.29, 0.717) is 6.42 Å². The molecule has 0 heterocycles. The minimum absolute atomic E-state index is 0.00545. The summed E-state index contributed by atoms with van der Waals surface area (Å²) in [5.41, 5.74) is 0. The predicted octanol–water partition coefficient (Wildman–Crippen LogP) is 1.91. The minimum atomic E-state index is 0.00545. The fourth-order valence-corrected chi connectivity index (χ4v) is 0.697. The lowest BCUT2D eigenvalue weighted by molar-refractivity contribution is -0.110. The van der Waals surface area contributed by atoms with Crippen molar-refractivity contribution in [3.05, 3.63) is 24.3 Å². The van der Waals surface area contributed by atoms with Gasteiger partial charge in [0.15, 0.2) is 0 Å². The largest absolute Gasteiger partial charge is 0.303 e. The van der Waals surface area contributed by atoms with Crippen molar-refractivity contribution in [3.63, 3.8) is 0 Å². The first-order valence-electron chi connectivity index (χ1n) is 4.07. The van der Waals surface area contributed by atoms with Crippen LogP contribution in [0.5, 0.6) is 0 Å². The molecule has 0 rings (SSSR count). The molecule has 0 radical (unpaired) electrons. The molecule has 1 atom stereocenters. The Kier molecular flexibility index (Phi) is 7.14. The molecule has 0 saturated heterocycles. The summed E-state index contributed by atoms with van der Waals surface area (Å²) < 4.78 is 0. The first-order chi connectivity index (χ1) is 5.85. The molecule has 0 N–H and O–H groups in total. The molecule has 12 heavy (non-hydrogen) atoms. The molecule has 0 saturated carbocycles. The Morgan fingerprint density at radius 3 is 2.50 bits per heavy atom. The summed E-state index contributed by atoms with van der Waals surface area (Å²) in [6, 6.07) is 0. The second-order valence-corrected chi connectivity index (χ2v) is 2.42. The zero-order valence-electron chi connectivity index (χ0n) is 7.27. The summed E-state index contributed by atoms with van der Waals surface area (Å²) in [5, 5.41) is 0. The average Bonchev–Trinajstić information content (AvgIpc) is 2.11. The quantitative estimate of drug-likeness (QED) is 0.446. The van der Waals surface area contributed by atoms with Crippen LogP contribution in [-0.2, 0) is 9.59 Å². The van der Waals surface area contributed by atoms with E-state index in [9.17, 15) is 9.59 Å². The molecule has 0 aliphatic heterocycles. The van der Waals surface area contributed by atoms with Crippen molar-refractivity contribution in [2.24, 2.45) is 5.92 Å². The topological polar surface area (TPSA) is 34.1 Å². The second kappa shape index (κ2) is 7.92. The van der Waals surface area contributed by atoms with Gasteiger partial charge in [0.25, 0.3) is 0 Å². The first kappa shape index (κ1) is 10.8. The number of aldehydes is 2. The van der Waals surface area contributed by atoms with Gasteiger partial charge in [0.1, 0.15) is 12.6 Å². The van der Waals surface area contributed by atoms with Gasteiger partial charge in [-0.2, -0.15) is 0 Å². The molecule has 2 nitrogen and oxygen atoms in total. The van der Waals surface area contributed by atoms with Crippen LogP contribution in [-0.4, -0.2) is 12.6 Å². The third-order valence-electron chi connectivity index (χ3n) is 1.48. The third-order valence-corrected chi connectivity index (χ3v) is 1.48. The van der Waals surface area contributed by atoms with E-state index in [1.165, 1.54) is 0 Å². The normalized spacial score (nSPS) is 13.8. The maximum Gasteiger partial charge on any atom is 0.126 e. The molecule has 2 heteroatoms. The predicted molar refractivity (Wildman–Crippen MR) is 48.8 cm³/mol. The molecule has 0 aliphatic rings. The first-order valence-corrected chi connectivity index (χ1v) is 4.07. The lowest BCUT2D eigenvalue weighted by Gasteiger charge is -1.95. The molecule has 0 amide bonds. The van der Waals surface area contributed by atoms with Crippen molar-refractivity contribution in [3.8, 4) is 0 Å². The Labute approximate surface area is 73.0 Å². The minimum Gasteiger partial charge on any atom is -0.303 e. The molecule has 0 aromatic carbocycles. The summed E-state index contributed by atoms with van der Waals surface area (Å²) in [6.45, 7) is 1.96. The van der Waals surface area contributed by atoms with Gasteiger partial charge in [0.2, 0.25) is 0 Å². The zero-order chi connectivity index (χ0) is 9.23. The van der Waals surface area contributed by atoms with Crippen molar-refractivity contribution in [1.82, 2.24) is 0 Å². The molecule has 1 unspecified atom stereocenters. The van der Waals surface area contributed by atoms with Crippen LogP contribution in [0, 0.1) is 5.92 Å². The van der Waals surface area contributed by atoms with Gasteiger partial charge in [0, 0.05) is 12.3 Å². The molecule has 0 aromatic heterocycles. The van der Waals surface area contributed by atoms with Crippen molar-refractivity contribution in [1.29, 1.82) is 0 Å². The SMILES string of the molecule is CCC(C=O)C=CC=CCC=O. The molecule has 0 fully saturated rings. The van der Waals surface area contributed by atoms with Crippen LogP contribution < -0.4 is 0 Å². The Hall–Kier alpha value is -1.18. The Balaban J connectivity index is 3.72. The molecular weight excluding hydrogens is 152 g/mol. The van der Waals surface area contributed by atoms with Gasteiger partial charge in [-0.05, 0) is 6.42 Å². The van der Waals surface area contributed by atoms with Crippen LogP contribution >= 0.6 is 0 Å². The second-order valence-electron chi connectivity index (χ2n) is 2.42. The van der Waals surface area contributed by atoms with E-state index in [0.717, 1.165) is 19.0 Å². The molecule has 0 aromatic rings. The molecule has 0 bridgehead atoms. The Morgan fingerprint density at radius 1 is 1.25 bits per heavy atom. The van der Waals surface area contributed by atoms with E-state index in [-0.39, 0.29) is 5.92 Å². The standard InChI is InChI=1S/C10H14O2/c1-2-10(9-12)7-5-3-4-6-8-11/h3-5,7-10H,2,6H2,1H3. The van der Waals surface area contributed by atoms with Crippen LogP contribution in [0.4, 0.5) is 0 Å². The van der Waals surface area contributed by atoms with Crippen LogP contribution in [0.25, 0.3) is 0 Å². The van der Waals surface area contributed by atoms with Crippen molar-refractivity contribution in [2.45, 2.75) is 19.8 Å². The molecule has 0 aliphatic carbocycles. The van der Waals surface area contributed by atoms with Crippen LogP contribution in [0.15, 0.2) is 24.3 Å². The number of carbonyl (C=O) groups excluding carboxylic acids is 2. The fraction of sp³-hybridized carbons (Fsp3) is 0.400. The number of allylic oxidation sites excluding steroid dienone is 4. The number of carbonyl (C=O) groups is 2. The maximum absolute atomic E-state index is 10.3. The van der Waals surface area contributed by atoms with E-state index >= 15 is 0 Å². The van der Waals surface area contributed by atoms with E-state index in [2.05, 4.69) is 0 Å². The summed E-state index contributed by atoms with van der Waals surface area (Å²) in [5.74, 6) is 0.00545. The highest BCUT2D eigenvalue weighted by Crippen LogP contribution is 1.99. The summed E-state index contributed by atoms with van der Waals surface area (Å²) >= 11 is 0. The highest BCUT2D eigenvalue weighted by Gasteiger charge is 1.94. The van der Waals surface area contributed by atoms with Gasteiger partial charge in [-0.15, -0.1) is 0 Å². The van der Waals surface area contributed by atoms with Crippen LogP contribution in [0.3, 0.4) is 0 Å². The number of hydrogen-bond acceptors (Lipinski definition) is 2. The highest BCUT2D eigenvalue weighted by molar-refractivity contribution is 5.56. The van der Waals surface area contributed by atoms with Gasteiger partial charge in [-0.1, -0.05) is 31.2 Å². The van der Waals surface area contributed by atoms with E-state index in [4.69, 9.17) is 0 Å². The Morgan fingerprint density at radius 2 is 2.00 bits per heavy atom.